The smallest absolute Gasteiger partial charge is 0.338 e. The first-order valence-corrected chi connectivity index (χ1v) is 12.7. The molecule has 1 saturated carbocycles. The molecule has 35 heavy (non-hydrogen) atoms. The minimum atomic E-state index is -0.746. The topological polar surface area (TPSA) is 92.8 Å². The molecule has 2 aliphatic rings. The van der Waals surface area contributed by atoms with Gasteiger partial charge in [-0.25, -0.2) is 4.79 Å². The third kappa shape index (κ3) is 5.25. The lowest BCUT2D eigenvalue weighted by Crippen LogP contribution is -2.34. The number of carbonyl (C=O) groups is 4. The van der Waals surface area contributed by atoms with Gasteiger partial charge in [-0.1, -0.05) is 22.0 Å². The predicted octanol–water partition coefficient (Wildman–Crippen LogP) is 4.98. The van der Waals surface area contributed by atoms with Gasteiger partial charge >= 0.3 is 5.97 Å². The largest absolute Gasteiger partial charge is 0.452 e. The van der Waals surface area contributed by atoms with E-state index < -0.39 is 30.3 Å². The van der Waals surface area contributed by atoms with Gasteiger partial charge in [0.15, 0.2) is 6.61 Å². The van der Waals surface area contributed by atoms with Crippen molar-refractivity contribution >= 4 is 74.2 Å². The zero-order valence-corrected chi connectivity index (χ0v) is 22.1. The number of benzene rings is 2. The van der Waals surface area contributed by atoms with Crippen LogP contribution in [0.15, 0.2) is 40.9 Å². The molecule has 0 unspecified atom stereocenters. The van der Waals surface area contributed by atoms with Crippen LogP contribution in [0.25, 0.3) is 0 Å². The number of aryl methyl sites for hydroxylation is 2. The number of carbonyl (C=O) groups excluding carboxylic acids is 4. The summed E-state index contributed by atoms with van der Waals surface area (Å²) >= 11 is 15.9. The summed E-state index contributed by atoms with van der Waals surface area (Å²) in [6, 6.07) is 9.74. The zero-order valence-electron chi connectivity index (χ0n) is 19.0. The summed E-state index contributed by atoms with van der Waals surface area (Å²) in [5, 5.41) is 1.97. The van der Waals surface area contributed by atoms with Crippen molar-refractivity contribution in [2.75, 3.05) is 16.8 Å². The van der Waals surface area contributed by atoms with Crippen molar-refractivity contribution in [3.8, 4) is 0 Å². The highest BCUT2D eigenvalue weighted by atomic mass is 79.9. The van der Waals surface area contributed by atoms with Gasteiger partial charge < -0.3 is 10.1 Å². The minimum Gasteiger partial charge on any atom is -0.452 e. The van der Waals surface area contributed by atoms with E-state index in [0.29, 0.717) is 18.5 Å². The average molecular weight is 582 g/mol. The Labute approximate surface area is 221 Å². The Balaban J connectivity index is 1.42. The van der Waals surface area contributed by atoms with E-state index in [9.17, 15) is 19.2 Å². The summed E-state index contributed by atoms with van der Waals surface area (Å²) in [6.07, 6.45) is 0.658. The van der Waals surface area contributed by atoms with E-state index in [1.54, 1.807) is 12.1 Å². The summed E-state index contributed by atoms with van der Waals surface area (Å²) in [4.78, 5) is 52.0. The van der Waals surface area contributed by atoms with Gasteiger partial charge in [0.1, 0.15) is 0 Å². The van der Waals surface area contributed by atoms with E-state index in [0.717, 1.165) is 20.5 Å². The van der Waals surface area contributed by atoms with Crippen molar-refractivity contribution in [1.29, 1.82) is 0 Å². The molecule has 1 saturated heterocycles. The summed E-state index contributed by atoms with van der Waals surface area (Å²) < 4.78 is 6.10. The van der Waals surface area contributed by atoms with Crippen molar-refractivity contribution in [2.24, 2.45) is 11.8 Å². The van der Waals surface area contributed by atoms with Crippen LogP contribution in [-0.2, 0) is 19.1 Å². The Morgan fingerprint density at radius 3 is 2.29 bits per heavy atom. The van der Waals surface area contributed by atoms with Crippen molar-refractivity contribution in [3.05, 3.63) is 57.6 Å². The number of amides is 3. The normalized spacial score (nSPS) is 23.7. The number of anilines is 2. The third-order valence-electron chi connectivity index (χ3n) is 6.37. The molecule has 10 heteroatoms. The number of rotatable bonds is 5. The monoisotopic (exact) mass is 580 g/mol. The van der Waals surface area contributed by atoms with Gasteiger partial charge in [0.2, 0.25) is 11.8 Å². The standard InChI is InChI=1S/C25H23BrCl2N2O5/c1-12-7-21(13(2)6-18(12)26)29-22(31)11-35-25(34)14-4-3-5-15(8-14)30-23(32)16-9-19(27)20(28)10-17(16)24(30)33/h3-8,16-17,19-20H,9-11H2,1-2H3,(H,29,31)/t16-,17-,19+,20+/m1/s1. The summed E-state index contributed by atoms with van der Waals surface area (Å²) in [7, 11) is 0. The van der Waals surface area contributed by atoms with Crippen molar-refractivity contribution in [1.82, 2.24) is 0 Å². The molecule has 3 amide bonds. The number of imide groups is 1. The fourth-order valence-corrected chi connectivity index (χ4v) is 5.49. The first-order chi connectivity index (χ1) is 16.6. The summed E-state index contributed by atoms with van der Waals surface area (Å²) in [6.45, 7) is 3.27. The van der Waals surface area contributed by atoms with Gasteiger partial charge in [-0.2, -0.15) is 0 Å². The predicted molar refractivity (Wildman–Crippen MR) is 137 cm³/mol. The molecule has 4 rings (SSSR count). The lowest BCUT2D eigenvalue weighted by Gasteiger charge is -2.28. The van der Waals surface area contributed by atoms with Crippen LogP contribution in [0.3, 0.4) is 0 Å². The lowest BCUT2D eigenvalue weighted by molar-refractivity contribution is -0.122. The Bertz CT molecular complexity index is 1190. The minimum absolute atomic E-state index is 0.117. The molecule has 1 aliphatic carbocycles. The van der Waals surface area contributed by atoms with Gasteiger partial charge in [-0.15, -0.1) is 23.2 Å². The molecule has 1 N–H and O–H groups in total. The number of alkyl halides is 2. The van der Waals surface area contributed by atoms with E-state index in [1.165, 1.54) is 12.1 Å². The lowest BCUT2D eigenvalue weighted by atomic mass is 9.80. The number of ether oxygens (including phenoxy) is 1. The second-order valence-corrected chi connectivity index (χ2v) is 10.8. The highest BCUT2D eigenvalue weighted by Gasteiger charge is 2.52. The molecule has 0 bridgehead atoms. The van der Waals surface area contributed by atoms with Gasteiger partial charge in [0.05, 0.1) is 33.8 Å². The van der Waals surface area contributed by atoms with Crippen molar-refractivity contribution in [3.63, 3.8) is 0 Å². The molecule has 0 radical (unpaired) electrons. The van der Waals surface area contributed by atoms with Crippen LogP contribution in [-0.4, -0.2) is 41.1 Å². The van der Waals surface area contributed by atoms with Crippen molar-refractivity contribution < 1.29 is 23.9 Å². The average Bonchev–Trinajstić information content (AvgIpc) is 3.05. The molecular weight excluding hydrogens is 559 g/mol. The van der Waals surface area contributed by atoms with Crippen LogP contribution in [0, 0.1) is 25.7 Å². The maximum atomic E-state index is 13.0. The quantitative estimate of drug-likeness (QED) is 0.305. The zero-order chi connectivity index (χ0) is 25.4. The van der Waals surface area contributed by atoms with Crippen LogP contribution in [0.2, 0.25) is 0 Å². The number of fused-ring (bicyclic) bond motifs is 1. The number of esters is 1. The Hall–Kier alpha value is -2.42. The SMILES string of the molecule is Cc1cc(NC(=O)COC(=O)c2cccc(N3C(=O)[C@@H]4C[C@H](Cl)[C@@H](Cl)C[C@H]4C3=O)c2)c(C)cc1Br. The maximum absolute atomic E-state index is 13.0. The van der Waals surface area contributed by atoms with E-state index in [-0.39, 0.29) is 33.8 Å². The van der Waals surface area contributed by atoms with Gasteiger partial charge in [0, 0.05) is 10.2 Å². The van der Waals surface area contributed by atoms with E-state index >= 15 is 0 Å². The number of halogens is 3. The fraction of sp³-hybridized carbons (Fsp3) is 0.360. The van der Waals surface area contributed by atoms with E-state index in [2.05, 4.69) is 21.2 Å². The number of hydrogen-bond acceptors (Lipinski definition) is 5. The van der Waals surface area contributed by atoms with Gasteiger partial charge in [-0.05, 0) is 68.1 Å². The fourth-order valence-electron chi connectivity index (χ4n) is 4.44. The molecule has 184 valence electrons. The molecule has 2 fully saturated rings. The summed E-state index contributed by atoms with van der Waals surface area (Å²) in [5.41, 5.74) is 2.82. The molecule has 1 aliphatic heterocycles. The number of hydrogen-bond donors (Lipinski definition) is 1. The van der Waals surface area contributed by atoms with E-state index in [1.807, 2.05) is 26.0 Å². The van der Waals surface area contributed by atoms with E-state index in [4.69, 9.17) is 27.9 Å². The van der Waals surface area contributed by atoms with Crippen molar-refractivity contribution in [2.45, 2.75) is 37.4 Å². The number of nitrogens with one attached hydrogen (secondary N) is 1. The molecule has 4 atom stereocenters. The molecular formula is C25H23BrCl2N2O5. The molecule has 2 aromatic carbocycles. The van der Waals surface area contributed by atoms with Crippen LogP contribution in [0.4, 0.5) is 11.4 Å². The number of nitrogens with zero attached hydrogens (tertiary/aromatic N) is 1. The molecule has 2 aromatic rings. The Morgan fingerprint density at radius 2 is 1.66 bits per heavy atom. The molecule has 1 heterocycles. The maximum Gasteiger partial charge on any atom is 0.338 e. The molecule has 7 nitrogen and oxygen atoms in total. The Kier molecular flexibility index (Phi) is 7.54. The van der Waals surface area contributed by atoms with Crippen LogP contribution >= 0.6 is 39.1 Å². The van der Waals surface area contributed by atoms with Crippen LogP contribution < -0.4 is 10.2 Å². The molecule has 0 aromatic heterocycles. The first-order valence-electron chi connectivity index (χ1n) is 11.1. The van der Waals surface area contributed by atoms with Crippen LogP contribution in [0.1, 0.15) is 34.3 Å². The second-order valence-electron chi connectivity index (χ2n) is 8.82. The van der Waals surface area contributed by atoms with Crippen LogP contribution in [0.5, 0.6) is 0 Å². The van der Waals surface area contributed by atoms with Gasteiger partial charge in [0.25, 0.3) is 5.91 Å². The second kappa shape index (κ2) is 10.3. The summed E-state index contributed by atoms with van der Waals surface area (Å²) in [5.74, 6) is -2.98. The van der Waals surface area contributed by atoms with Gasteiger partial charge in [-0.3, -0.25) is 19.3 Å². The highest BCUT2D eigenvalue weighted by Crippen LogP contribution is 2.43. The third-order valence-corrected chi connectivity index (χ3v) is 8.31. The molecule has 0 spiro atoms. The highest BCUT2D eigenvalue weighted by molar-refractivity contribution is 9.10. The Morgan fingerprint density at radius 1 is 1.03 bits per heavy atom. The first kappa shape index (κ1) is 25.7.